The number of unbranched alkanes of at least 4 members (excludes halogenated alkanes) is 2. The van der Waals surface area contributed by atoms with Crippen molar-refractivity contribution in [3.8, 4) is 29.1 Å². The first kappa shape index (κ1) is 24.6. The molecule has 0 amide bonds. The minimum Gasteiger partial charge on any atom is -0.497 e. The van der Waals surface area contributed by atoms with Crippen molar-refractivity contribution in [2.24, 2.45) is 0 Å². The molecule has 4 heteroatoms. The molecule has 2 rings (SSSR count). The molecule has 4 nitrogen and oxygen atoms in total. The van der Waals surface area contributed by atoms with Gasteiger partial charge in [0.2, 0.25) is 0 Å². The smallest absolute Gasteiger partial charge is 0.160 e. The van der Waals surface area contributed by atoms with Gasteiger partial charge in [-0.2, -0.15) is 0 Å². The fraction of sp³-hybridized carbons (Fsp3) is 0.481. The van der Waals surface area contributed by atoms with Gasteiger partial charge in [0, 0.05) is 18.5 Å². The Hall–Kier alpha value is -2.64. The van der Waals surface area contributed by atoms with E-state index < -0.39 is 0 Å². The molecule has 168 valence electrons. The van der Waals surface area contributed by atoms with Crippen LogP contribution in [0, 0.1) is 11.8 Å². The van der Waals surface area contributed by atoms with Crippen molar-refractivity contribution < 1.29 is 14.2 Å². The quantitative estimate of drug-likeness (QED) is 0.340. The van der Waals surface area contributed by atoms with Crippen molar-refractivity contribution >= 4 is 0 Å². The van der Waals surface area contributed by atoms with E-state index in [2.05, 4.69) is 55.0 Å². The highest BCUT2D eigenvalue weighted by Crippen LogP contribution is 2.27. The fourth-order valence-electron chi connectivity index (χ4n) is 3.46. The lowest BCUT2D eigenvalue weighted by Gasteiger charge is -2.17. The summed E-state index contributed by atoms with van der Waals surface area (Å²) in [5.74, 6) is 9.13. The molecule has 0 spiro atoms. The van der Waals surface area contributed by atoms with Crippen LogP contribution in [0.25, 0.3) is 0 Å². The number of hydrogen-bond donors (Lipinski definition) is 0. The number of aryl methyl sites for hydroxylation is 1. The number of likely N-dealkylation sites (N-methyl/N-ethyl adjacent to an activating group) is 1. The van der Waals surface area contributed by atoms with Crippen molar-refractivity contribution in [3.05, 3.63) is 53.1 Å². The van der Waals surface area contributed by atoms with Gasteiger partial charge >= 0.3 is 0 Å². The van der Waals surface area contributed by atoms with Gasteiger partial charge in [-0.25, -0.2) is 0 Å². The molecule has 0 aliphatic carbocycles. The van der Waals surface area contributed by atoms with Crippen LogP contribution in [-0.4, -0.2) is 46.4 Å². The highest BCUT2D eigenvalue weighted by molar-refractivity contribution is 5.45. The molecule has 0 radical (unpaired) electrons. The standard InChI is InChI=1S/C27H37NO3/c1-6-7-8-9-11-23-14-15-25(29-3)21-24(23)12-10-18-28(2)19-17-22-13-16-26(30-4)27(20-22)31-5/h13-16,20-21H,6-8,10,12,17-19H2,1-5H3. The van der Waals surface area contributed by atoms with Gasteiger partial charge in [-0.15, -0.1) is 0 Å². The fourth-order valence-corrected chi connectivity index (χ4v) is 3.46. The molecule has 0 N–H and O–H groups in total. The Morgan fingerprint density at radius 1 is 0.839 bits per heavy atom. The summed E-state index contributed by atoms with van der Waals surface area (Å²) in [6.07, 6.45) is 6.35. The minimum absolute atomic E-state index is 0.770. The molecule has 2 aromatic carbocycles. The van der Waals surface area contributed by atoms with E-state index >= 15 is 0 Å². The van der Waals surface area contributed by atoms with Crippen LogP contribution in [0.2, 0.25) is 0 Å². The maximum atomic E-state index is 5.43. The van der Waals surface area contributed by atoms with E-state index in [0.717, 1.165) is 68.0 Å². The van der Waals surface area contributed by atoms with Gasteiger partial charge < -0.3 is 19.1 Å². The molecule has 0 aliphatic rings. The topological polar surface area (TPSA) is 30.9 Å². The van der Waals surface area contributed by atoms with E-state index in [4.69, 9.17) is 14.2 Å². The molecule has 0 saturated heterocycles. The van der Waals surface area contributed by atoms with Gasteiger partial charge in [0.05, 0.1) is 21.3 Å². The lowest BCUT2D eigenvalue weighted by Crippen LogP contribution is -2.23. The Labute approximate surface area is 188 Å². The second kappa shape index (κ2) is 13.6. The lowest BCUT2D eigenvalue weighted by molar-refractivity contribution is 0.332. The molecular formula is C27H37NO3. The molecular weight excluding hydrogens is 386 g/mol. The predicted molar refractivity (Wildman–Crippen MR) is 128 cm³/mol. The van der Waals surface area contributed by atoms with Gasteiger partial charge in [0.1, 0.15) is 5.75 Å². The predicted octanol–water partition coefficient (Wildman–Crippen LogP) is 5.36. The first-order chi connectivity index (χ1) is 15.1. The third kappa shape index (κ3) is 8.19. The summed E-state index contributed by atoms with van der Waals surface area (Å²) in [4.78, 5) is 2.38. The summed E-state index contributed by atoms with van der Waals surface area (Å²) < 4.78 is 16.2. The van der Waals surface area contributed by atoms with E-state index in [0.29, 0.717) is 0 Å². The van der Waals surface area contributed by atoms with Crippen LogP contribution in [0.3, 0.4) is 0 Å². The van der Waals surface area contributed by atoms with Gasteiger partial charge in [-0.1, -0.05) is 31.3 Å². The molecule has 0 saturated carbocycles. The highest BCUT2D eigenvalue weighted by atomic mass is 16.5. The van der Waals surface area contributed by atoms with Crippen molar-refractivity contribution in [1.82, 2.24) is 4.90 Å². The van der Waals surface area contributed by atoms with Crippen LogP contribution in [0.1, 0.15) is 49.3 Å². The number of ether oxygens (including phenoxy) is 3. The third-order valence-corrected chi connectivity index (χ3v) is 5.41. The van der Waals surface area contributed by atoms with Crippen LogP contribution in [0.15, 0.2) is 36.4 Å². The van der Waals surface area contributed by atoms with Crippen molar-refractivity contribution in [2.45, 2.75) is 45.4 Å². The summed E-state index contributed by atoms with van der Waals surface area (Å²) in [5.41, 5.74) is 3.66. The maximum absolute atomic E-state index is 5.43. The average molecular weight is 424 g/mol. The Balaban J connectivity index is 1.88. The number of nitrogens with zero attached hydrogens (tertiary/aromatic N) is 1. The molecule has 2 aromatic rings. The first-order valence-corrected chi connectivity index (χ1v) is 11.2. The summed E-state index contributed by atoms with van der Waals surface area (Å²) in [5, 5.41) is 0. The van der Waals surface area contributed by atoms with E-state index in [1.165, 1.54) is 17.5 Å². The second-order valence-corrected chi connectivity index (χ2v) is 7.77. The molecule has 31 heavy (non-hydrogen) atoms. The molecule has 0 atom stereocenters. The number of hydrogen-bond acceptors (Lipinski definition) is 4. The summed E-state index contributed by atoms with van der Waals surface area (Å²) in [6, 6.07) is 12.4. The van der Waals surface area contributed by atoms with Crippen LogP contribution in [0.4, 0.5) is 0 Å². The largest absolute Gasteiger partial charge is 0.497 e. The zero-order valence-corrected chi connectivity index (χ0v) is 19.8. The maximum Gasteiger partial charge on any atom is 0.160 e. The minimum atomic E-state index is 0.770. The van der Waals surface area contributed by atoms with Gasteiger partial charge in [-0.05, 0) is 80.7 Å². The normalized spacial score (nSPS) is 10.5. The summed E-state index contributed by atoms with van der Waals surface area (Å²) in [6.45, 7) is 4.23. The summed E-state index contributed by atoms with van der Waals surface area (Å²) >= 11 is 0. The van der Waals surface area contributed by atoms with Gasteiger partial charge in [0.15, 0.2) is 11.5 Å². The molecule has 0 aliphatic heterocycles. The Kier molecular flexibility index (Phi) is 10.8. The monoisotopic (exact) mass is 423 g/mol. The number of rotatable bonds is 12. The number of methoxy groups -OCH3 is 3. The lowest BCUT2D eigenvalue weighted by atomic mass is 10.0. The Morgan fingerprint density at radius 3 is 2.35 bits per heavy atom. The molecule has 0 bridgehead atoms. The molecule has 0 unspecified atom stereocenters. The third-order valence-electron chi connectivity index (χ3n) is 5.41. The van der Waals surface area contributed by atoms with Crippen LogP contribution in [0.5, 0.6) is 17.2 Å². The summed E-state index contributed by atoms with van der Waals surface area (Å²) in [7, 11) is 7.23. The van der Waals surface area contributed by atoms with Gasteiger partial charge in [0.25, 0.3) is 0 Å². The highest BCUT2D eigenvalue weighted by Gasteiger charge is 2.07. The number of benzene rings is 2. The Bertz CT molecular complexity index is 867. The zero-order chi connectivity index (χ0) is 22.5. The average Bonchev–Trinajstić information content (AvgIpc) is 2.80. The van der Waals surface area contributed by atoms with Gasteiger partial charge in [-0.3, -0.25) is 0 Å². The Morgan fingerprint density at radius 2 is 1.65 bits per heavy atom. The SMILES string of the molecule is CCCCC#Cc1ccc(OC)cc1CCCN(C)CCc1ccc(OC)c(OC)c1. The van der Waals surface area contributed by atoms with E-state index in [9.17, 15) is 0 Å². The van der Waals surface area contributed by atoms with Crippen LogP contribution < -0.4 is 14.2 Å². The van der Waals surface area contributed by atoms with E-state index in [1.54, 1.807) is 21.3 Å². The molecule has 0 heterocycles. The first-order valence-electron chi connectivity index (χ1n) is 11.2. The van der Waals surface area contributed by atoms with Crippen molar-refractivity contribution in [3.63, 3.8) is 0 Å². The van der Waals surface area contributed by atoms with Crippen molar-refractivity contribution in [2.75, 3.05) is 41.5 Å². The second-order valence-electron chi connectivity index (χ2n) is 7.77. The van der Waals surface area contributed by atoms with E-state index in [1.807, 2.05) is 12.1 Å². The van der Waals surface area contributed by atoms with E-state index in [-0.39, 0.29) is 0 Å². The van der Waals surface area contributed by atoms with Crippen LogP contribution in [-0.2, 0) is 12.8 Å². The van der Waals surface area contributed by atoms with Crippen molar-refractivity contribution in [1.29, 1.82) is 0 Å². The van der Waals surface area contributed by atoms with Crippen LogP contribution >= 0.6 is 0 Å². The zero-order valence-electron chi connectivity index (χ0n) is 19.8. The molecule has 0 fully saturated rings. The molecule has 0 aromatic heterocycles.